The van der Waals surface area contributed by atoms with Crippen molar-refractivity contribution < 1.29 is 0 Å². The van der Waals surface area contributed by atoms with E-state index in [1.54, 1.807) is 0 Å². The third kappa shape index (κ3) is 5.42. The maximum absolute atomic E-state index is 2.70. The van der Waals surface area contributed by atoms with Gasteiger partial charge in [-0.3, -0.25) is 9.80 Å². The van der Waals surface area contributed by atoms with E-state index in [-0.39, 0.29) is 0 Å². The largest absolute Gasteiger partial charge is 0.302 e. The van der Waals surface area contributed by atoms with E-state index >= 15 is 0 Å². The summed E-state index contributed by atoms with van der Waals surface area (Å²) in [6, 6.07) is 0.828. The Bertz CT molecular complexity index is 365. The molecule has 4 nitrogen and oxygen atoms in total. The number of hydrogen-bond acceptors (Lipinski definition) is 4. The molecule has 3 rings (SSSR count). The van der Waals surface area contributed by atoms with Crippen molar-refractivity contribution in [3.05, 3.63) is 0 Å². The molecular weight excluding hydrogens is 296 g/mol. The van der Waals surface area contributed by atoms with E-state index in [9.17, 15) is 0 Å². The fourth-order valence-corrected chi connectivity index (χ4v) is 5.15. The van der Waals surface area contributed by atoms with Gasteiger partial charge in [-0.2, -0.15) is 0 Å². The van der Waals surface area contributed by atoms with Gasteiger partial charge in [-0.1, -0.05) is 13.8 Å². The minimum Gasteiger partial charge on any atom is -0.302 e. The average Bonchev–Trinajstić information content (AvgIpc) is 3.14. The van der Waals surface area contributed by atoms with Gasteiger partial charge >= 0.3 is 0 Å². The summed E-state index contributed by atoms with van der Waals surface area (Å²) < 4.78 is 0. The monoisotopic (exact) mass is 336 g/mol. The molecule has 0 aromatic heterocycles. The summed E-state index contributed by atoms with van der Waals surface area (Å²) in [5, 5.41) is 0. The van der Waals surface area contributed by atoms with Crippen LogP contribution in [0.3, 0.4) is 0 Å². The minimum atomic E-state index is 0.828. The molecule has 0 aromatic rings. The van der Waals surface area contributed by atoms with Crippen molar-refractivity contribution in [2.45, 2.75) is 52.5 Å². The zero-order chi connectivity index (χ0) is 16.9. The van der Waals surface area contributed by atoms with Crippen molar-refractivity contribution in [3.8, 4) is 0 Å². The molecule has 3 unspecified atom stereocenters. The van der Waals surface area contributed by atoms with Crippen LogP contribution in [0.15, 0.2) is 0 Å². The van der Waals surface area contributed by atoms with E-state index in [0.29, 0.717) is 0 Å². The lowest BCUT2D eigenvalue weighted by atomic mass is 9.92. The van der Waals surface area contributed by atoms with Crippen molar-refractivity contribution in [2.75, 3.05) is 65.6 Å². The summed E-state index contributed by atoms with van der Waals surface area (Å²) >= 11 is 0. The van der Waals surface area contributed by atoms with Crippen LogP contribution in [0, 0.1) is 11.8 Å². The van der Waals surface area contributed by atoms with Gasteiger partial charge in [-0.15, -0.1) is 0 Å². The predicted molar refractivity (Wildman–Crippen MR) is 102 cm³/mol. The molecule has 0 saturated carbocycles. The molecule has 0 N–H and O–H groups in total. The van der Waals surface area contributed by atoms with Crippen LogP contribution in [-0.2, 0) is 0 Å². The number of hydrogen-bond donors (Lipinski definition) is 0. The predicted octanol–water partition coefficient (Wildman–Crippen LogP) is 2.41. The summed E-state index contributed by atoms with van der Waals surface area (Å²) in [7, 11) is 0. The molecule has 3 aliphatic heterocycles. The van der Waals surface area contributed by atoms with Crippen LogP contribution in [0.25, 0.3) is 0 Å². The highest BCUT2D eigenvalue weighted by atomic mass is 15.4. The van der Waals surface area contributed by atoms with Gasteiger partial charge in [-0.25, -0.2) is 0 Å². The normalized spacial score (nSPS) is 34.4. The first-order valence-corrected chi connectivity index (χ1v) is 10.5. The number of piperidine rings is 1. The molecule has 24 heavy (non-hydrogen) atoms. The molecule has 0 amide bonds. The van der Waals surface area contributed by atoms with Gasteiger partial charge in [0.25, 0.3) is 0 Å². The Balaban J connectivity index is 1.28. The fourth-order valence-electron chi connectivity index (χ4n) is 5.15. The lowest BCUT2D eigenvalue weighted by molar-refractivity contribution is 0.122. The molecule has 0 bridgehead atoms. The topological polar surface area (TPSA) is 13.0 Å². The van der Waals surface area contributed by atoms with Crippen LogP contribution in [0.2, 0.25) is 0 Å². The van der Waals surface area contributed by atoms with Gasteiger partial charge in [0.1, 0.15) is 0 Å². The second-order valence-electron chi connectivity index (χ2n) is 8.96. The Labute approximate surface area is 150 Å². The Hall–Kier alpha value is -0.160. The van der Waals surface area contributed by atoms with E-state index in [1.807, 2.05) is 0 Å². The maximum Gasteiger partial charge on any atom is 0.0507 e. The molecule has 140 valence electrons. The van der Waals surface area contributed by atoms with E-state index < -0.39 is 0 Å². The average molecular weight is 337 g/mol. The summed E-state index contributed by atoms with van der Waals surface area (Å²) in [6.45, 7) is 20.1. The summed E-state index contributed by atoms with van der Waals surface area (Å²) in [4.78, 5) is 10.7. The first-order valence-electron chi connectivity index (χ1n) is 10.5. The van der Waals surface area contributed by atoms with Crippen molar-refractivity contribution in [3.63, 3.8) is 0 Å². The molecule has 3 saturated heterocycles. The van der Waals surface area contributed by atoms with E-state index in [0.717, 1.165) is 17.9 Å². The van der Waals surface area contributed by atoms with Crippen LogP contribution in [0.4, 0.5) is 0 Å². The smallest absolute Gasteiger partial charge is 0.0507 e. The molecular formula is C20H40N4. The molecule has 3 aliphatic rings. The van der Waals surface area contributed by atoms with Crippen LogP contribution < -0.4 is 0 Å². The van der Waals surface area contributed by atoms with Gasteiger partial charge in [0.05, 0.1) is 6.67 Å². The quantitative estimate of drug-likeness (QED) is 0.708. The van der Waals surface area contributed by atoms with Crippen molar-refractivity contribution in [1.29, 1.82) is 0 Å². The van der Waals surface area contributed by atoms with Gasteiger partial charge in [0, 0.05) is 51.9 Å². The number of likely N-dealkylation sites (tertiary alicyclic amines) is 2. The Morgan fingerprint density at radius 2 is 1.42 bits per heavy atom. The molecule has 0 aromatic carbocycles. The van der Waals surface area contributed by atoms with Crippen LogP contribution >= 0.6 is 0 Å². The second kappa shape index (κ2) is 8.98. The molecule has 3 atom stereocenters. The lowest BCUT2D eigenvalue weighted by Crippen LogP contribution is -2.42. The van der Waals surface area contributed by atoms with Crippen LogP contribution in [0.5, 0.6) is 0 Å². The third-order valence-electron chi connectivity index (χ3n) is 6.42. The lowest BCUT2D eigenvalue weighted by Gasteiger charge is -2.35. The summed E-state index contributed by atoms with van der Waals surface area (Å²) in [5.74, 6) is 1.77. The van der Waals surface area contributed by atoms with Gasteiger partial charge in [-0.05, 0) is 57.5 Å². The Kier molecular flexibility index (Phi) is 6.97. The molecule has 3 heterocycles. The van der Waals surface area contributed by atoms with Crippen LogP contribution in [-0.4, -0.2) is 91.2 Å². The van der Waals surface area contributed by atoms with E-state index in [1.165, 1.54) is 91.3 Å². The SMILES string of the molecule is CC1CC(C)CN(CCN2CCN(CCCN3CCCC3C)C2)C1. The fraction of sp³-hybridized carbons (Fsp3) is 1.00. The van der Waals surface area contributed by atoms with Gasteiger partial charge in [0.2, 0.25) is 0 Å². The highest BCUT2D eigenvalue weighted by Gasteiger charge is 2.24. The summed E-state index contributed by atoms with van der Waals surface area (Å²) in [5.41, 5.74) is 0. The van der Waals surface area contributed by atoms with Crippen LogP contribution in [0.1, 0.15) is 46.5 Å². The zero-order valence-electron chi connectivity index (χ0n) is 16.4. The van der Waals surface area contributed by atoms with Crippen molar-refractivity contribution >= 4 is 0 Å². The van der Waals surface area contributed by atoms with Crippen molar-refractivity contribution in [1.82, 2.24) is 19.6 Å². The highest BCUT2D eigenvalue weighted by molar-refractivity contribution is 4.79. The molecule has 0 spiro atoms. The number of rotatable bonds is 7. The Morgan fingerprint density at radius 1 is 0.750 bits per heavy atom. The standard InChI is InChI=1S/C20H40N4/c1-18-14-19(2)16-23(15-18)13-12-22-11-10-21(17-22)7-5-9-24-8-4-6-20(24)3/h18-20H,4-17H2,1-3H3. The maximum atomic E-state index is 2.70. The third-order valence-corrected chi connectivity index (χ3v) is 6.42. The highest BCUT2D eigenvalue weighted by Crippen LogP contribution is 2.21. The molecule has 3 fully saturated rings. The van der Waals surface area contributed by atoms with E-state index in [4.69, 9.17) is 0 Å². The summed E-state index contributed by atoms with van der Waals surface area (Å²) in [6.07, 6.45) is 5.58. The molecule has 4 heteroatoms. The first-order chi connectivity index (χ1) is 11.6. The zero-order valence-corrected chi connectivity index (χ0v) is 16.4. The minimum absolute atomic E-state index is 0.828. The molecule has 0 radical (unpaired) electrons. The van der Waals surface area contributed by atoms with Gasteiger partial charge < -0.3 is 9.80 Å². The Morgan fingerprint density at radius 3 is 2.08 bits per heavy atom. The second-order valence-corrected chi connectivity index (χ2v) is 8.96. The first kappa shape index (κ1) is 18.6. The van der Waals surface area contributed by atoms with E-state index in [2.05, 4.69) is 40.4 Å². The van der Waals surface area contributed by atoms with Crippen molar-refractivity contribution in [2.24, 2.45) is 11.8 Å². The van der Waals surface area contributed by atoms with Gasteiger partial charge in [0.15, 0.2) is 0 Å². The number of nitrogens with zero attached hydrogens (tertiary/aromatic N) is 4. The molecule has 0 aliphatic carbocycles.